The van der Waals surface area contributed by atoms with Crippen LogP contribution >= 0.6 is 0 Å². The standard InChI is InChI=1S/C19H19N3O5/c20-15-9-8-13(10-17(15)22(25)26)19(24)27-11-18(23)21-16-7-3-5-12-4-1-2-6-14(12)16/h1-2,4,6,8-10,16H,3,5,7,11,20H2,(H,21,23)/t16-/m1/s1. The molecule has 0 saturated carbocycles. The fourth-order valence-electron chi connectivity index (χ4n) is 3.18. The molecule has 1 amide bonds. The summed E-state index contributed by atoms with van der Waals surface area (Å²) >= 11 is 0. The van der Waals surface area contributed by atoms with Crippen LogP contribution in [0.4, 0.5) is 11.4 Å². The Bertz CT molecular complexity index is 897. The van der Waals surface area contributed by atoms with E-state index in [4.69, 9.17) is 10.5 Å². The Morgan fingerprint density at radius 1 is 1.26 bits per heavy atom. The molecule has 0 unspecified atom stereocenters. The Hall–Kier alpha value is -3.42. The lowest BCUT2D eigenvalue weighted by molar-refractivity contribution is -0.383. The van der Waals surface area contributed by atoms with Crippen LogP contribution < -0.4 is 11.1 Å². The Morgan fingerprint density at radius 3 is 2.81 bits per heavy atom. The van der Waals surface area contributed by atoms with Crippen molar-refractivity contribution in [3.63, 3.8) is 0 Å². The van der Waals surface area contributed by atoms with E-state index in [1.165, 1.54) is 17.7 Å². The van der Waals surface area contributed by atoms with Crippen molar-refractivity contribution in [1.29, 1.82) is 0 Å². The molecule has 140 valence electrons. The minimum atomic E-state index is -0.822. The Morgan fingerprint density at radius 2 is 2.04 bits per heavy atom. The van der Waals surface area contributed by atoms with E-state index in [0.29, 0.717) is 0 Å². The average molecular weight is 369 g/mol. The summed E-state index contributed by atoms with van der Waals surface area (Å²) < 4.78 is 4.98. The number of anilines is 1. The third kappa shape index (κ3) is 4.22. The molecule has 1 atom stereocenters. The zero-order valence-corrected chi connectivity index (χ0v) is 14.5. The first-order chi connectivity index (χ1) is 13.0. The number of ether oxygens (including phenoxy) is 1. The molecule has 8 nitrogen and oxygen atoms in total. The number of nitrogens with zero attached hydrogens (tertiary/aromatic N) is 1. The number of amides is 1. The Kier molecular flexibility index (Phi) is 5.35. The number of esters is 1. The van der Waals surface area contributed by atoms with Crippen LogP contribution in [-0.2, 0) is 16.0 Å². The Balaban J connectivity index is 1.59. The maximum Gasteiger partial charge on any atom is 0.338 e. The van der Waals surface area contributed by atoms with Crippen LogP contribution in [0.2, 0.25) is 0 Å². The zero-order valence-electron chi connectivity index (χ0n) is 14.5. The third-order valence-corrected chi connectivity index (χ3v) is 4.50. The highest BCUT2D eigenvalue weighted by atomic mass is 16.6. The number of hydrogen-bond acceptors (Lipinski definition) is 6. The second-order valence-corrected chi connectivity index (χ2v) is 6.32. The highest BCUT2D eigenvalue weighted by Crippen LogP contribution is 2.29. The maximum atomic E-state index is 12.2. The topological polar surface area (TPSA) is 125 Å². The van der Waals surface area contributed by atoms with Gasteiger partial charge < -0.3 is 15.8 Å². The number of fused-ring (bicyclic) bond motifs is 1. The molecule has 8 heteroatoms. The molecule has 0 fully saturated rings. The van der Waals surface area contributed by atoms with E-state index in [9.17, 15) is 19.7 Å². The fraction of sp³-hybridized carbons (Fsp3) is 0.263. The molecule has 0 heterocycles. The van der Waals surface area contributed by atoms with Crippen LogP contribution in [0.5, 0.6) is 0 Å². The highest BCUT2D eigenvalue weighted by Gasteiger charge is 2.22. The van der Waals surface area contributed by atoms with Gasteiger partial charge >= 0.3 is 5.97 Å². The van der Waals surface area contributed by atoms with Gasteiger partial charge in [-0.1, -0.05) is 24.3 Å². The summed E-state index contributed by atoms with van der Waals surface area (Å²) in [6.45, 7) is -0.463. The van der Waals surface area contributed by atoms with E-state index in [2.05, 4.69) is 5.32 Å². The fourth-order valence-corrected chi connectivity index (χ4v) is 3.18. The van der Waals surface area contributed by atoms with Crippen molar-refractivity contribution in [3.05, 3.63) is 69.3 Å². The van der Waals surface area contributed by atoms with E-state index < -0.39 is 23.4 Å². The predicted octanol–water partition coefficient (Wildman–Crippen LogP) is 2.53. The number of nitro benzene ring substituents is 1. The molecule has 0 saturated heterocycles. The molecule has 2 aromatic carbocycles. The van der Waals surface area contributed by atoms with Crippen LogP contribution in [0.15, 0.2) is 42.5 Å². The number of carbonyl (C=O) groups excluding carboxylic acids is 2. The van der Waals surface area contributed by atoms with Crippen molar-refractivity contribution in [2.24, 2.45) is 0 Å². The molecule has 2 aromatic rings. The lowest BCUT2D eigenvalue weighted by Crippen LogP contribution is -2.34. The first-order valence-corrected chi connectivity index (χ1v) is 8.54. The van der Waals surface area contributed by atoms with Gasteiger partial charge in [0.15, 0.2) is 6.61 Å². The van der Waals surface area contributed by atoms with Crippen molar-refractivity contribution in [3.8, 4) is 0 Å². The molecule has 1 aliphatic carbocycles. The van der Waals surface area contributed by atoms with E-state index in [-0.39, 0.29) is 23.0 Å². The molecule has 0 spiro atoms. The molecule has 0 aromatic heterocycles. The number of nitrogens with one attached hydrogen (secondary N) is 1. The van der Waals surface area contributed by atoms with Crippen molar-refractivity contribution >= 4 is 23.3 Å². The molecule has 3 N–H and O–H groups in total. The van der Waals surface area contributed by atoms with Gasteiger partial charge in [0.25, 0.3) is 11.6 Å². The van der Waals surface area contributed by atoms with Gasteiger partial charge in [0, 0.05) is 6.07 Å². The average Bonchev–Trinajstić information content (AvgIpc) is 2.66. The minimum Gasteiger partial charge on any atom is -0.452 e. The minimum absolute atomic E-state index is 0.0355. The molecule has 0 radical (unpaired) electrons. The second-order valence-electron chi connectivity index (χ2n) is 6.32. The van der Waals surface area contributed by atoms with Crippen molar-refractivity contribution in [2.45, 2.75) is 25.3 Å². The number of nitro groups is 1. The number of nitrogens with two attached hydrogens (primary N) is 1. The molecule has 0 aliphatic heterocycles. The normalized spacial score (nSPS) is 15.5. The van der Waals surface area contributed by atoms with Gasteiger partial charge in [-0.15, -0.1) is 0 Å². The highest BCUT2D eigenvalue weighted by molar-refractivity contribution is 5.92. The van der Waals surface area contributed by atoms with Crippen molar-refractivity contribution in [1.82, 2.24) is 5.32 Å². The van der Waals surface area contributed by atoms with Crippen LogP contribution in [0.3, 0.4) is 0 Å². The van der Waals surface area contributed by atoms with Gasteiger partial charge in [-0.3, -0.25) is 14.9 Å². The third-order valence-electron chi connectivity index (χ3n) is 4.50. The molecule has 27 heavy (non-hydrogen) atoms. The SMILES string of the molecule is Nc1ccc(C(=O)OCC(=O)N[C@@H]2CCCc3ccccc32)cc1[N+](=O)[O-]. The number of rotatable bonds is 5. The van der Waals surface area contributed by atoms with Crippen LogP contribution in [-0.4, -0.2) is 23.4 Å². The van der Waals surface area contributed by atoms with E-state index in [0.717, 1.165) is 30.9 Å². The van der Waals surface area contributed by atoms with Gasteiger partial charge in [-0.05, 0) is 42.5 Å². The number of nitrogen functional groups attached to an aromatic ring is 1. The molecule has 3 rings (SSSR count). The van der Waals surface area contributed by atoms with Crippen LogP contribution in [0.1, 0.15) is 40.4 Å². The maximum absolute atomic E-state index is 12.2. The summed E-state index contributed by atoms with van der Waals surface area (Å²) in [6.07, 6.45) is 2.77. The number of benzene rings is 2. The molecular weight excluding hydrogens is 350 g/mol. The van der Waals surface area contributed by atoms with Crippen molar-refractivity contribution < 1.29 is 19.2 Å². The predicted molar refractivity (Wildman–Crippen MR) is 98.1 cm³/mol. The number of carbonyl (C=O) groups is 2. The molecule has 0 bridgehead atoms. The molecular formula is C19H19N3O5. The number of hydrogen-bond donors (Lipinski definition) is 2. The van der Waals surface area contributed by atoms with Crippen LogP contribution in [0.25, 0.3) is 0 Å². The monoisotopic (exact) mass is 369 g/mol. The summed E-state index contributed by atoms with van der Waals surface area (Å²) in [7, 11) is 0. The summed E-state index contributed by atoms with van der Waals surface area (Å²) in [5.41, 5.74) is 7.32. The number of aryl methyl sites for hydroxylation is 1. The first-order valence-electron chi connectivity index (χ1n) is 8.54. The first kappa shape index (κ1) is 18.4. The van der Waals surface area contributed by atoms with E-state index in [1.54, 1.807) is 0 Å². The summed E-state index contributed by atoms with van der Waals surface area (Å²) in [6, 6.07) is 11.4. The van der Waals surface area contributed by atoms with Gasteiger partial charge in [0.2, 0.25) is 0 Å². The summed E-state index contributed by atoms with van der Waals surface area (Å²) in [5.74, 6) is -1.24. The Labute approximate surface area is 155 Å². The van der Waals surface area contributed by atoms with Crippen molar-refractivity contribution in [2.75, 3.05) is 12.3 Å². The van der Waals surface area contributed by atoms with Gasteiger partial charge in [-0.25, -0.2) is 4.79 Å². The second kappa shape index (κ2) is 7.86. The van der Waals surface area contributed by atoms with Gasteiger partial charge in [0.1, 0.15) is 5.69 Å². The van der Waals surface area contributed by atoms with E-state index in [1.807, 2.05) is 24.3 Å². The van der Waals surface area contributed by atoms with Gasteiger partial charge in [-0.2, -0.15) is 0 Å². The largest absolute Gasteiger partial charge is 0.452 e. The zero-order chi connectivity index (χ0) is 19.4. The summed E-state index contributed by atoms with van der Waals surface area (Å²) in [4.78, 5) is 34.4. The lowest BCUT2D eigenvalue weighted by Gasteiger charge is -2.26. The summed E-state index contributed by atoms with van der Waals surface area (Å²) in [5, 5.41) is 13.8. The molecule has 1 aliphatic rings. The van der Waals surface area contributed by atoms with Gasteiger partial charge in [0.05, 0.1) is 16.5 Å². The van der Waals surface area contributed by atoms with Crippen LogP contribution in [0, 0.1) is 10.1 Å². The smallest absolute Gasteiger partial charge is 0.338 e. The lowest BCUT2D eigenvalue weighted by atomic mass is 9.88. The quantitative estimate of drug-likeness (QED) is 0.361. The van der Waals surface area contributed by atoms with E-state index >= 15 is 0 Å².